The van der Waals surface area contributed by atoms with E-state index in [1.807, 2.05) is 36.4 Å². The smallest absolute Gasteiger partial charge is 0.352 e. The van der Waals surface area contributed by atoms with Gasteiger partial charge in [-0.15, -0.1) is 0 Å². The standard InChI is InChI=1S/C23H22N4O4/c1-3-14-4-8-16(9-5-14)25-22(28)18-13-24-27-20(12-19(23(29)30)26-21(18)27)15-6-10-17(31-2)11-7-15/h4-13,20,26H,3H2,1-2H3,(H,25,28)(H,29,30). The summed E-state index contributed by atoms with van der Waals surface area (Å²) in [4.78, 5) is 24.6. The molecule has 0 saturated heterocycles. The van der Waals surface area contributed by atoms with E-state index in [0.717, 1.165) is 12.0 Å². The molecule has 0 bridgehead atoms. The molecule has 8 nitrogen and oxygen atoms in total. The van der Waals surface area contributed by atoms with E-state index in [2.05, 4.69) is 22.7 Å². The van der Waals surface area contributed by atoms with E-state index in [-0.39, 0.29) is 17.2 Å². The number of methoxy groups -OCH3 is 1. The number of carboxylic acids is 1. The Hall–Kier alpha value is -4.07. The first-order chi connectivity index (χ1) is 15.0. The second-order valence-corrected chi connectivity index (χ2v) is 7.08. The number of aryl methyl sites for hydroxylation is 1. The molecule has 31 heavy (non-hydrogen) atoms. The van der Waals surface area contributed by atoms with Gasteiger partial charge in [0.2, 0.25) is 0 Å². The van der Waals surface area contributed by atoms with Gasteiger partial charge in [-0.05, 0) is 47.9 Å². The van der Waals surface area contributed by atoms with Crippen LogP contribution in [-0.4, -0.2) is 33.9 Å². The molecule has 3 N–H and O–H groups in total. The van der Waals surface area contributed by atoms with Crippen molar-refractivity contribution in [3.63, 3.8) is 0 Å². The monoisotopic (exact) mass is 418 g/mol. The number of carbonyl (C=O) groups is 2. The van der Waals surface area contributed by atoms with Crippen molar-refractivity contribution in [3.05, 3.63) is 83.2 Å². The van der Waals surface area contributed by atoms with Crippen molar-refractivity contribution in [3.8, 4) is 5.75 Å². The van der Waals surface area contributed by atoms with Crippen LogP contribution in [0.5, 0.6) is 5.75 Å². The van der Waals surface area contributed by atoms with Crippen LogP contribution in [-0.2, 0) is 11.2 Å². The average molecular weight is 418 g/mol. The first-order valence-electron chi connectivity index (χ1n) is 9.84. The first kappa shape index (κ1) is 20.2. The number of rotatable bonds is 6. The van der Waals surface area contributed by atoms with Gasteiger partial charge in [0, 0.05) is 5.69 Å². The Morgan fingerprint density at radius 3 is 2.48 bits per heavy atom. The number of ether oxygens (including phenoxy) is 1. The predicted molar refractivity (Wildman–Crippen MR) is 116 cm³/mol. The minimum absolute atomic E-state index is 0.0184. The first-order valence-corrected chi connectivity index (χ1v) is 9.84. The number of benzene rings is 2. The highest BCUT2D eigenvalue weighted by Gasteiger charge is 2.29. The molecule has 2 heterocycles. The molecular weight excluding hydrogens is 396 g/mol. The van der Waals surface area contributed by atoms with Crippen molar-refractivity contribution < 1.29 is 19.4 Å². The molecule has 1 amide bonds. The lowest BCUT2D eigenvalue weighted by molar-refractivity contribution is -0.132. The molecule has 1 atom stereocenters. The van der Waals surface area contributed by atoms with E-state index >= 15 is 0 Å². The summed E-state index contributed by atoms with van der Waals surface area (Å²) in [6, 6.07) is 14.4. The number of anilines is 2. The average Bonchev–Trinajstić information content (AvgIpc) is 3.23. The van der Waals surface area contributed by atoms with Crippen LogP contribution >= 0.6 is 0 Å². The second-order valence-electron chi connectivity index (χ2n) is 7.08. The summed E-state index contributed by atoms with van der Waals surface area (Å²) >= 11 is 0. The highest BCUT2D eigenvalue weighted by atomic mass is 16.5. The lowest BCUT2D eigenvalue weighted by Crippen LogP contribution is -2.25. The lowest BCUT2D eigenvalue weighted by Gasteiger charge is -2.24. The number of carbonyl (C=O) groups excluding carboxylic acids is 1. The molecule has 3 aromatic rings. The molecule has 0 aliphatic carbocycles. The number of hydrogen-bond acceptors (Lipinski definition) is 5. The largest absolute Gasteiger partial charge is 0.497 e. The van der Waals surface area contributed by atoms with Gasteiger partial charge in [-0.25, -0.2) is 9.48 Å². The number of aromatic nitrogens is 2. The molecule has 158 valence electrons. The van der Waals surface area contributed by atoms with Gasteiger partial charge < -0.3 is 20.5 Å². The third-order valence-electron chi connectivity index (χ3n) is 5.19. The Morgan fingerprint density at radius 2 is 1.87 bits per heavy atom. The van der Waals surface area contributed by atoms with Gasteiger partial charge >= 0.3 is 5.97 Å². The molecule has 0 saturated carbocycles. The fourth-order valence-electron chi connectivity index (χ4n) is 3.45. The van der Waals surface area contributed by atoms with E-state index in [9.17, 15) is 14.7 Å². The Balaban J connectivity index is 1.67. The van der Waals surface area contributed by atoms with Crippen LogP contribution in [0.3, 0.4) is 0 Å². The Bertz CT molecular complexity index is 1150. The maximum atomic E-state index is 12.9. The summed E-state index contributed by atoms with van der Waals surface area (Å²) in [7, 11) is 1.58. The van der Waals surface area contributed by atoms with E-state index < -0.39 is 12.0 Å². The summed E-state index contributed by atoms with van der Waals surface area (Å²) in [5.74, 6) is -0.482. The van der Waals surface area contributed by atoms with Gasteiger partial charge in [-0.2, -0.15) is 5.10 Å². The maximum Gasteiger partial charge on any atom is 0.352 e. The SMILES string of the molecule is CCc1ccc(NC(=O)c2cnn3c2NC(C(=O)O)=CC3c2ccc(OC)cc2)cc1. The molecule has 0 radical (unpaired) electrons. The quantitative estimate of drug-likeness (QED) is 0.564. The van der Waals surface area contributed by atoms with E-state index in [0.29, 0.717) is 17.3 Å². The molecule has 4 rings (SSSR count). The summed E-state index contributed by atoms with van der Waals surface area (Å²) in [6.07, 6.45) is 3.91. The summed E-state index contributed by atoms with van der Waals surface area (Å²) in [5, 5.41) is 19.6. The van der Waals surface area contributed by atoms with E-state index in [1.54, 1.807) is 30.0 Å². The minimum Gasteiger partial charge on any atom is -0.497 e. The summed E-state index contributed by atoms with van der Waals surface area (Å²) in [5.41, 5.74) is 2.87. The molecule has 1 aromatic heterocycles. The zero-order valence-corrected chi connectivity index (χ0v) is 17.1. The van der Waals surface area contributed by atoms with E-state index in [4.69, 9.17) is 4.74 Å². The molecular formula is C23H22N4O4. The van der Waals surface area contributed by atoms with Gasteiger partial charge in [-0.3, -0.25) is 4.79 Å². The summed E-state index contributed by atoms with van der Waals surface area (Å²) < 4.78 is 6.80. The predicted octanol–water partition coefficient (Wildman–Crippen LogP) is 3.69. The zero-order valence-electron chi connectivity index (χ0n) is 17.1. The van der Waals surface area contributed by atoms with Crippen LogP contribution in [0.1, 0.15) is 34.5 Å². The highest BCUT2D eigenvalue weighted by molar-refractivity contribution is 6.08. The van der Waals surface area contributed by atoms with Crippen molar-refractivity contribution in [1.29, 1.82) is 0 Å². The Morgan fingerprint density at radius 1 is 1.16 bits per heavy atom. The fraction of sp³-hybridized carbons (Fsp3) is 0.174. The van der Waals surface area contributed by atoms with Crippen molar-refractivity contribution in [2.24, 2.45) is 0 Å². The third kappa shape index (κ3) is 4.00. The molecule has 1 aliphatic heterocycles. The molecule has 2 aromatic carbocycles. The minimum atomic E-state index is -1.12. The molecule has 8 heteroatoms. The number of aliphatic carboxylic acids is 1. The number of fused-ring (bicyclic) bond motifs is 1. The third-order valence-corrected chi connectivity index (χ3v) is 5.19. The number of nitrogens with one attached hydrogen (secondary N) is 2. The topological polar surface area (TPSA) is 105 Å². The molecule has 1 aliphatic rings. The van der Waals surface area contributed by atoms with Crippen LogP contribution in [0.15, 0.2) is 66.5 Å². The van der Waals surface area contributed by atoms with Crippen LogP contribution in [0.25, 0.3) is 0 Å². The number of nitrogens with zero attached hydrogens (tertiary/aromatic N) is 2. The van der Waals surface area contributed by atoms with Crippen LogP contribution in [0, 0.1) is 0 Å². The molecule has 1 unspecified atom stereocenters. The fourth-order valence-corrected chi connectivity index (χ4v) is 3.45. The van der Waals surface area contributed by atoms with Gasteiger partial charge in [0.25, 0.3) is 5.91 Å². The molecule has 0 spiro atoms. The van der Waals surface area contributed by atoms with Crippen LogP contribution in [0.2, 0.25) is 0 Å². The number of amides is 1. The Kier molecular flexibility index (Phi) is 5.44. The van der Waals surface area contributed by atoms with Crippen LogP contribution < -0.4 is 15.4 Å². The lowest BCUT2D eigenvalue weighted by atomic mass is 10.0. The van der Waals surface area contributed by atoms with Crippen molar-refractivity contribution >= 4 is 23.4 Å². The number of carboxylic acid groups (broad SMARTS) is 1. The normalized spacial score (nSPS) is 14.8. The van der Waals surface area contributed by atoms with Crippen LogP contribution in [0.4, 0.5) is 11.5 Å². The zero-order chi connectivity index (χ0) is 22.0. The summed E-state index contributed by atoms with van der Waals surface area (Å²) in [6.45, 7) is 2.06. The second kappa shape index (κ2) is 8.35. The number of hydrogen-bond donors (Lipinski definition) is 3. The van der Waals surface area contributed by atoms with Crippen molar-refractivity contribution in [1.82, 2.24) is 9.78 Å². The van der Waals surface area contributed by atoms with Gasteiger partial charge in [0.05, 0.1) is 19.3 Å². The maximum absolute atomic E-state index is 12.9. The van der Waals surface area contributed by atoms with Gasteiger partial charge in [-0.1, -0.05) is 31.2 Å². The molecule has 0 fully saturated rings. The van der Waals surface area contributed by atoms with Crippen molar-refractivity contribution in [2.45, 2.75) is 19.4 Å². The number of allylic oxidation sites excluding steroid dienone is 1. The van der Waals surface area contributed by atoms with Gasteiger partial charge in [0.1, 0.15) is 22.8 Å². The highest BCUT2D eigenvalue weighted by Crippen LogP contribution is 2.33. The van der Waals surface area contributed by atoms with E-state index in [1.165, 1.54) is 11.8 Å². The Labute approximate surface area is 179 Å². The van der Waals surface area contributed by atoms with Gasteiger partial charge in [0.15, 0.2) is 0 Å². The van der Waals surface area contributed by atoms with Crippen molar-refractivity contribution in [2.75, 3.05) is 17.7 Å².